The number of carbonyl (C=O) groups is 2. The van der Waals surface area contributed by atoms with Crippen LogP contribution >= 0.6 is 0 Å². The first-order valence-corrected chi connectivity index (χ1v) is 6.51. The second kappa shape index (κ2) is 9.60. The smallest absolute Gasteiger partial charge is 0.344 e. The van der Waals surface area contributed by atoms with Gasteiger partial charge in [0.25, 0.3) is 5.91 Å². The van der Waals surface area contributed by atoms with E-state index in [4.69, 9.17) is 19.9 Å². The number of methoxy groups -OCH3 is 1. The summed E-state index contributed by atoms with van der Waals surface area (Å²) in [5.74, 6) is -0.462. The summed E-state index contributed by atoms with van der Waals surface area (Å²) in [6.07, 6.45) is 0.705. The van der Waals surface area contributed by atoms with E-state index in [2.05, 4.69) is 5.32 Å². The van der Waals surface area contributed by atoms with E-state index >= 15 is 0 Å². The van der Waals surface area contributed by atoms with Gasteiger partial charge in [0.05, 0.1) is 0 Å². The van der Waals surface area contributed by atoms with Gasteiger partial charge in [-0.3, -0.25) is 4.79 Å². The van der Waals surface area contributed by atoms with Gasteiger partial charge in [-0.2, -0.15) is 0 Å². The van der Waals surface area contributed by atoms with Crippen molar-refractivity contribution in [2.75, 3.05) is 39.2 Å². The minimum atomic E-state index is -0.612. The van der Waals surface area contributed by atoms with Crippen LogP contribution in [0, 0.1) is 0 Å². The number of amides is 1. The molecule has 0 saturated heterocycles. The SMILES string of the molecule is COCCCNC(=O)COC(=O)COc1ccc(N)cc1. The van der Waals surface area contributed by atoms with E-state index in [1.165, 1.54) is 0 Å². The number of ether oxygens (including phenoxy) is 3. The van der Waals surface area contributed by atoms with Gasteiger partial charge in [0.2, 0.25) is 0 Å². The number of nitrogens with one attached hydrogen (secondary N) is 1. The second-order valence-electron chi connectivity index (χ2n) is 4.21. The molecule has 0 radical (unpaired) electrons. The molecule has 1 amide bonds. The Morgan fingerprint density at radius 3 is 2.57 bits per heavy atom. The minimum Gasteiger partial charge on any atom is -0.482 e. The Labute approximate surface area is 123 Å². The number of benzene rings is 1. The molecule has 0 aliphatic heterocycles. The van der Waals surface area contributed by atoms with Gasteiger partial charge >= 0.3 is 5.97 Å². The Morgan fingerprint density at radius 2 is 1.90 bits per heavy atom. The molecular weight excluding hydrogens is 276 g/mol. The van der Waals surface area contributed by atoms with Crippen molar-refractivity contribution in [1.29, 1.82) is 0 Å². The molecule has 3 N–H and O–H groups in total. The predicted molar refractivity (Wildman–Crippen MR) is 76.8 cm³/mol. The van der Waals surface area contributed by atoms with Crippen LogP contribution in [0.3, 0.4) is 0 Å². The third kappa shape index (κ3) is 7.78. The Kier molecular flexibility index (Phi) is 7.67. The zero-order chi connectivity index (χ0) is 15.5. The molecule has 1 aromatic rings. The summed E-state index contributed by atoms with van der Waals surface area (Å²) in [4.78, 5) is 22.7. The zero-order valence-electron chi connectivity index (χ0n) is 12.0. The van der Waals surface area contributed by atoms with Crippen molar-refractivity contribution in [2.45, 2.75) is 6.42 Å². The van der Waals surface area contributed by atoms with Crippen molar-refractivity contribution in [2.24, 2.45) is 0 Å². The average molecular weight is 296 g/mol. The summed E-state index contributed by atoms with van der Waals surface area (Å²) in [6.45, 7) is 0.458. The van der Waals surface area contributed by atoms with Crippen LogP contribution in [0.25, 0.3) is 0 Å². The molecular formula is C14H20N2O5. The molecule has 116 valence electrons. The van der Waals surface area contributed by atoms with Gasteiger partial charge in [-0.1, -0.05) is 0 Å². The Hall–Kier alpha value is -2.28. The van der Waals surface area contributed by atoms with Gasteiger partial charge < -0.3 is 25.3 Å². The molecule has 1 aromatic carbocycles. The monoisotopic (exact) mass is 296 g/mol. The molecule has 0 heterocycles. The van der Waals surface area contributed by atoms with Gasteiger partial charge in [0, 0.05) is 25.9 Å². The Morgan fingerprint density at radius 1 is 1.19 bits per heavy atom. The van der Waals surface area contributed by atoms with E-state index in [1.54, 1.807) is 31.4 Å². The molecule has 1 rings (SSSR count). The van der Waals surface area contributed by atoms with Crippen LogP contribution in [0.1, 0.15) is 6.42 Å². The molecule has 7 nitrogen and oxygen atoms in total. The number of anilines is 1. The maximum absolute atomic E-state index is 11.4. The Bertz CT molecular complexity index is 447. The fourth-order valence-corrected chi connectivity index (χ4v) is 1.39. The van der Waals surface area contributed by atoms with E-state index in [9.17, 15) is 9.59 Å². The summed E-state index contributed by atoms with van der Waals surface area (Å²) < 4.78 is 14.8. The average Bonchev–Trinajstić information content (AvgIpc) is 2.49. The summed E-state index contributed by atoms with van der Waals surface area (Å²) >= 11 is 0. The summed E-state index contributed by atoms with van der Waals surface area (Å²) in [7, 11) is 1.59. The van der Waals surface area contributed by atoms with Crippen molar-refractivity contribution < 1.29 is 23.8 Å². The first-order valence-electron chi connectivity index (χ1n) is 6.51. The van der Waals surface area contributed by atoms with E-state index in [0.29, 0.717) is 31.0 Å². The predicted octanol–water partition coefficient (Wildman–Crippen LogP) is 0.344. The molecule has 0 saturated carbocycles. The van der Waals surface area contributed by atoms with Gasteiger partial charge in [0.1, 0.15) is 5.75 Å². The van der Waals surface area contributed by atoms with Crippen LogP contribution in [0.15, 0.2) is 24.3 Å². The van der Waals surface area contributed by atoms with Gasteiger partial charge in [0.15, 0.2) is 13.2 Å². The number of nitrogens with two attached hydrogens (primary N) is 1. The molecule has 0 aliphatic rings. The highest BCUT2D eigenvalue weighted by Gasteiger charge is 2.08. The molecule has 7 heteroatoms. The fourth-order valence-electron chi connectivity index (χ4n) is 1.39. The van der Waals surface area contributed by atoms with E-state index in [1.807, 2.05) is 0 Å². The normalized spacial score (nSPS) is 9.95. The van der Waals surface area contributed by atoms with Crippen molar-refractivity contribution in [3.63, 3.8) is 0 Å². The van der Waals surface area contributed by atoms with Crippen molar-refractivity contribution >= 4 is 17.6 Å². The van der Waals surface area contributed by atoms with Crippen LogP contribution in [0.4, 0.5) is 5.69 Å². The third-order valence-corrected chi connectivity index (χ3v) is 2.45. The number of carbonyl (C=O) groups excluding carboxylic acids is 2. The molecule has 0 fully saturated rings. The van der Waals surface area contributed by atoms with Crippen molar-refractivity contribution in [1.82, 2.24) is 5.32 Å². The minimum absolute atomic E-state index is 0.263. The lowest BCUT2D eigenvalue weighted by Gasteiger charge is -2.08. The zero-order valence-corrected chi connectivity index (χ0v) is 12.0. The lowest BCUT2D eigenvalue weighted by Crippen LogP contribution is -2.31. The lowest BCUT2D eigenvalue weighted by atomic mass is 10.3. The quantitative estimate of drug-likeness (QED) is 0.387. The summed E-state index contributed by atoms with van der Waals surface area (Å²) in [6, 6.07) is 6.61. The highest BCUT2D eigenvalue weighted by Crippen LogP contribution is 2.12. The van der Waals surface area contributed by atoms with Crippen molar-refractivity contribution in [3.8, 4) is 5.75 Å². The molecule has 0 bridgehead atoms. The van der Waals surface area contributed by atoms with Gasteiger partial charge in [-0.25, -0.2) is 4.79 Å². The standard InChI is InChI=1S/C14H20N2O5/c1-19-8-2-7-16-13(17)9-21-14(18)10-20-12-5-3-11(15)4-6-12/h3-6H,2,7-10,15H2,1H3,(H,16,17). The molecule has 0 unspecified atom stereocenters. The molecule has 21 heavy (non-hydrogen) atoms. The topological polar surface area (TPSA) is 99.9 Å². The van der Waals surface area contributed by atoms with Crippen molar-refractivity contribution in [3.05, 3.63) is 24.3 Å². The number of nitrogen functional groups attached to an aromatic ring is 1. The van der Waals surface area contributed by atoms with E-state index in [0.717, 1.165) is 0 Å². The number of esters is 1. The van der Waals surface area contributed by atoms with Crippen LogP contribution < -0.4 is 15.8 Å². The lowest BCUT2D eigenvalue weighted by molar-refractivity contribution is -0.150. The number of rotatable bonds is 9. The first-order chi connectivity index (χ1) is 10.1. The molecule has 0 aromatic heterocycles. The number of hydrogen-bond acceptors (Lipinski definition) is 6. The highest BCUT2D eigenvalue weighted by atomic mass is 16.6. The molecule has 0 spiro atoms. The second-order valence-corrected chi connectivity index (χ2v) is 4.21. The summed E-state index contributed by atoms with van der Waals surface area (Å²) in [5, 5.41) is 2.60. The fraction of sp³-hybridized carbons (Fsp3) is 0.429. The molecule has 0 atom stereocenters. The van der Waals surface area contributed by atoms with Crippen LogP contribution in [-0.4, -0.2) is 45.4 Å². The third-order valence-electron chi connectivity index (χ3n) is 2.45. The van der Waals surface area contributed by atoms with Gasteiger partial charge in [-0.05, 0) is 30.7 Å². The summed E-state index contributed by atoms with van der Waals surface area (Å²) in [5.41, 5.74) is 6.13. The largest absolute Gasteiger partial charge is 0.482 e. The van der Waals surface area contributed by atoms with E-state index < -0.39 is 5.97 Å². The van der Waals surface area contributed by atoms with Gasteiger partial charge in [-0.15, -0.1) is 0 Å². The van der Waals surface area contributed by atoms with Crippen LogP contribution in [-0.2, 0) is 19.1 Å². The van der Waals surface area contributed by atoms with E-state index in [-0.39, 0.29) is 19.1 Å². The number of hydrogen-bond donors (Lipinski definition) is 2. The molecule has 0 aliphatic carbocycles. The maximum Gasteiger partial charge on any atom is 0.344 e. The van der Waals surface area contributed by atoms with Crippen LogP contribution in [0.5, 0.6) is 5.75 Å². The Balaban J connectivity index is 2.13. The first kappa shape index (κ1) is 16.8. The van der Waals surface area contributed by atoms with Crippen LogP contribution in [0.2, 0.25) is 0 Å². The highest BCUT2D eigenvalue weighted by molar-refractivity contribution is 5.80. The maximum atomic E-state index is 11.4.